The van der Waals surface area contributed by atoms with E-state index in [1.165, 1.54) is 6.92 Å². The van der Waals surface area contributed by atoms with E-state index in [1.54, 1.807) is 14.0 Å². The normalized spacial score (nSPS) is 49.2. The average Bonchev–Trinajstić information content (AvgIpc) is 3.53. The number of cyclic esters (lactones) is 1. The molecule has 4 aliphatic carbocycles. The molecule has 6 aliphatic rings. The fraction of sp³-hybridized carbons (Fsp3) is 0.774. The van der Waals surface area contributed by atoms with E-state index in [1.807, 2.05) is 26.8 Å². The summed E-state index contributed by atoms with van der Waals surface area (Å²) in [7, 11) is 1.65. The number of ketones is 1. The highest BCUT2D eigenvalue weighted by Gasteiger charge is 2.81. The van der Waals surface area contributed by atoms with Gasteiger partial charge in [0.05, 0.1) is 17.6 Å². The number of Topliss-reactive ketones (excluding diaryl/α,β-unsaturated/α-hetero) is 1. The molecule has 11 atom stereocenters. The van der Waals surface area contributed by atoms with E-state index in [4.69, 9.17) is 18.9 Å². The number of epoxide rings is 1. The minimum atomic E-state index is -1.41. The van der Waals surface area contributed by atoms with Crippen LogP contribution in [0.4, 0.5) is 0 Å². The van der Waals surface area contributed by atoms with Crippen LogP contribution in [0.5, 0.6) is 0 Å². The van der Waals surface area contributed by atoms with E-state index in [2.05, 4.69) is 6.92 Å². The molecule has 0 bridgehead atoms. The van der Waals surface area contributed by atoms with Gasteiger partial charge in [0.15, 0.2) is 0 Å². The molecule has 8 heteroatoms. The summed E-state index contributed by atoms with van der Waals surface area (Å²) in [6.45, 7) is 11.3. The molecule has 214 valence electrons. The minimum Gasteiger partial charge on any atom is -0.458 e. The first-order valence-corrected chi connectivity index (χ1v) is 14.5. The number of esters is 2. The molecule has 0 aromatic heterocycles. The van der Waals surface area contributed by atoms with Crippen LogP contribution in [-0.2, 0) is 33.3 Å². The van der Waals surface area contributed by atoms with E-state index in [-0.39, 0.29) is 47.8 Å². The first-order chi connectivity index (χ1) is 18.2. The van der Waals surface area contributed by atoms with Crippen molar-refractivity contribution in [3.8, 4) is 0 Å². The van der Waals surface area contributed by atoms with Gasteiger partial charge in [-0.15, -0.1) is 0 Å². The van der Waals surface area contributed by atoms with Crippen molar-refractivity contribution >= 4 is 17.7 Å². The second-order valence-electron chi connectivity index (χ2n) is 13.5. The summed E-state index contributed by atoms with van der Waals surface area (Å²) in [6, 6.07) is 0. The van der Waals surface area contributed by atoms with Crippen LogP contribution in [0.15, 0.2) is 22.8 Å². The van der Waals surface area contributed by atoms with Crippen molar-refractivity contribution < 1.29 is 38.4 Å². The van der Waals surface area contributed by atoms with Crippen molar-refractivity contribution in [2.45, 2.75) is 116 Å². The van der Waals surface area contributed by atoms with Crippen molar-refractivity contribution in [3.05, 3.63) is 22.8 Å². The van der Waals surface area contributed by atoms with E-state index >= 15 is 0 Å². The zero-order valence-electron chi connectivity index (χ0n) is 24.2. The third kappa shape index (κ3) is 3.31. The summed E-state index contributed by atoms with van der Waals surface area (Å²) >= 11 is 0. The lowest BCUT2D eigenvalue weighted by Crippen LogP contribution is -2.69. The first kappa shape index (κ1) is 27.2. The molecule has 8 nitrogen and oxygen atoms in total. The molecule has 2 aliphatic heterocycles. The maximum Gasteiger partial charge on any atom is 0.333 e. The number of methoxy groups -OCH3 is 1. The second-order valence-corrected chi connectivity index (χ2v) is 13.5. The number of carbonyl (C=O) groups excluding carboxylic acids is 3. The number of carbonyl (C=O) groups is 3. The lowest BCUT2D eigenvalue weighted by Gasteiger charge is -2.62. The number of hydrogen-bond acceptors (Lipinski definition) is 8. The second kappa shape index (κ2) is 8.49. The molecule has 3 saturated carbocycles. The third-order valence-electron chi connectivity index (χ3n) is 12.1. The Labute approximate surface area is 230 Å². The Kier molecular flexibility index (Phi) is 5.91. The Morgan fingerprint density at radius 3 is 2.54 bits per heavy atom. The lowest BCUT2D eigenvalue weighted by molar-refractivity contribution is -0.225. The molecular weight excluding hydrogens is 500 g/mol. The number of aliphatic hydroxyl groups is 1. The van der Waals surface area contributed by atoms with E-state index in [9.17, 15) is 19.5 Å². The van der Waals surface area contributed by atoms with Crippen LogP contribution in [0.3, 0.4) is 0 Å². The summed E-state index contributed by atoms with van der Waals surface area (Å²) in [4.78, 5) is 38.7. The van der Waals surface area contributed by atoms with Crippen LogP contribution in [0.2, 0.25) is 0 Å². The molecule has 1 spiro atoms. The smallest absolute Gasteiger partial charge is 0.333 e. The quantitative estimate of drug-likeness (QED) is 0.324. The van der Waals surface area contributed by atoms with Crippen molar-refractivity contribution in [3.63, 3.8) is 0 Å². The highest BCUT2D eigenvalue weighted by atomic mass is 16.6. The fourth-order valence-corrected chi connectivity index (χ4v) is 9.59. The molecule has 39 heavy (non-hydrogen) atoms. The summed E-state index contributed by atoms with van der Waals surface area (Å²) in [5, 5.41) is 12.9. The predicted octanol–water partition coefficient (Wildman–Crippen LogP) is 3.84. The van der Waals surface area contributed by atoms with Crippen molar-refractivity contribution in [1.82, 2.24) is 0 Å². The van der Waals surface area contributed by atoms with E-state index in [0.29, 0.717) is 37.7 Å². The Bertz CT molecular complexity index is 1200. The standard InChI is InChI=1S/C31H42O8/c1-15-10-23(38-27(34)16(15)2)17(3)21-12-26(37-18(4)32)31(35)22-13-25-30(39-25)14-19(36-7)11-24(33)29(30,6)20(22)8-9-28(21,31)5/h12,17,19-20,22-23,25-26,35H,8-11,13-14H2,1-7H3/t17-,19-,20-,22+,23+,25+,26-,28+,29-,30+,31-/m0/s1. The monoisotopic (exact) mass is 542 g/mol. The molecule has 1 saturated heterocycles. The Morgan fingerprint density at radius 2 is 1.90 bits per heavy atom. The number of fused-ring (bicyclic) bond motifs is 4. The zero-order chi connectivity index (χ0) is 28.3. The third-order valence-corrected chi connectivity index (χ3v) is 12.1. The van der Waals surface area contributed by atoms with Gasteiger partial charge in [0.1, 0.15) is 29.2 Å². The molecule has 0 radical (unpaired) electrons. The molecule has 0 amide bonds. The van der Waals surface area contributed by atoms with Gasteiger partial charge in [0.25, 0.3) is 0 Å². The van der Waals surface area contributed by atoms with Crippen LogP contribution in [0.1, 0.15) is 80.1 Å². The molecule has 4 fully saturated rings. The van der Waals surface area contributed by atoms with Crippen molar-refractivity contribution in [2.75, 3.05) is 7.11 Å². The molecular formula is C31H42O8. The van der Waals surface area contributed by atoms with Crippen molar-refractivity contribution in [2.24, 2.45) is 28.6 Å². The average molecular weight is 543 g/mol. The van der Waals surface area contributed by atoms with Crippen LogP contribution in [0.25, 0.3) is 0 Å². The molecule has 0 aromatic rings. The fourth-order valence-electron chi connectivity index (χ4n) is 9.59. The van der Waals surface area contributed by atoms with Crippen LogP contribution in [-0.4, -0.2) is 65.6 Å². The molecule has 0 aromatic carbocycles. The maximum absolute atomic E-state index is 13.8. The van der Waals surface area contributed by atoms with Gasteiger partial charge in [-0.05, 0) is 57.9 Å². The number of rotatable bonds is 4. The van der Waals surface area contributed by atoms with Crippen LogP contribution >= 0.6 is 0 Å². The van der Waals surface area contributed by atoms with Gasteiger partial charge in [0, 0.05) is 50.2 Å². The van der Waals surface area contributed by atoms with Gasteiger partial charge < -0.3 is 24.1 Å². The Morgan fingerprint density at radius 1 is 1.18 bits per heavy atom. The van der Waals surface area contributed by atoms with Crippen molar-refractivity contribution in [1.29, 1.82) is 0 Å². The predicted molar refractivity (Wildman–Crippen MR) is 140 cm³/mol. The number of ether oxygens (including phenoxy) is 4. The highest BCUT2D eigenvalue weighted by molar-refractivity contribution is 5.90. The van der Waals surface area contributed by atoms with Gasteiger partial charge in [-0.3, -0.25) is 9.59 Å². The maximum atomic E-state index is 13.8. The van der Waals surface area contributed by atoms with Gasteiger partial charge in [-0.2, -0.15) is 0 Å². The zero-order valence-corrected chi connectivity index (χ0v) is 24.2. The van der Waals surface area contributed by atoms with Gasteiger partial charge in [0.2, 0.25) is 0 Å². The largest absolute Gasteiger partial charge is 0.458 e. The molecule has 1 N–H and O–H groups in total. The summed E-state index contributed by atoms with van der Waals surface area (Å²) in [6.07, 6.45) is 4.03. The van der Waals surface area contributed by atoms with Gasteiger partial charge >= 0.3 is 11.9 Å². The summed E-state index contributed by atoms with van der Waals surface area (Å²) < 4.78 is 23.8. The molecule has 0 unspecified atom stereocenters. The van der Waals surface area contributed by atoms with Gasteiger partial charge in [-0.25, -0.2) is 4.79 Å². The lowest BCUT2D eigenvalue weighted by atomic mass is 9.42. The minimum absolute atomic E-state index is 0.110. The first-order valence-electron chi connectivity index (χ1n) is 14.5. The Balaban J connectivity index is 1.39. The SMILES string of the molecule is CO[C@H]1CC(=O)[C@]2(C)[C@H]3CC[C@]4(C)C([C@H](C)[C@H]5CC(C)=C(C)C(=O)O5)=C[C@H](OC(C)=O)[C@@]4(O)[C@@H]3C[C@H]3O[C@]32C1. The summed E-state index contributed by atoms with van der Waals surface area (Å²) in [5.74, 6) is -1.21. The molecule has 2 heterocycles. The Hall–Kier alpha value is -2.03. The van der Waals surface area contributed by atoms with E-state index < -0.39 is 34.1 Å². The topological polar surface area (TPSA) is 112 Å². The molecule has 6 rings (SSSR count). The van der Waals surface area contributed by atoms with Crippen LogP contribution in [0, 0.1) is 28.6 Å². The highest BCUT2D eigenvalue weighted by Crippen LogP contribution is 2.74. The van der Waals surface area contributed by atoms with Crippen LogP contribution < -0.4 is 0 Å². The van der Waals surface area contributed by atoms with E-state index in [0.717, 1.165) is 17.6 Å². The number of hydrogen-bond donors (Lipinski definition) is 1. The summed E-state index contributed by atoms with van der Waals surface area (Å²) in [5.41, 5.74) is -0.795. The van der Waals surface area contributed by atoms with Gasteiger partial charge in [-0.1, -0.05) is 25.0 Å².